The maximum atomic E-state index is 12.6. The van der Waals surface area contributed by atoms with Crippen molar-refractivity contribution in [2.24, 2.45) is 5.92 Å². The molecule has 1 aliphatic rings. The summed E-state index contributed by atoms with van der Waals surface area (Å²) in [6.07, 6.45) is -2.74. The first-order valence-corrected chi connectivity index (χ1v) is 10.6. The second-order valence-electron chi connectivity index (χ2n) is 8.03. The molecular weight excluding hydrogens is 475 g/mol. The highest BCUT2D eigenvalue weighted by Gasteiger charge is 2.48. The van der Waals surface area contributed by atoms with Gasteiger partial charge in [-0.05, 0) is 60.7 Å². The summed E-state index contributed by atoms with van der Waals surface area (Å²) in [5.74, 6) is -3.01. The summed E-state index contributed by atoms with van der Waals surface area (Å²) in [5, 5.41) is 12.9. The summed E-state index contributed by atoms with van der Waals surface area (Å²) in [6.45, 7) is 1.09. The number of aliphatic carboxylic acids is 1. The number of allylic oxidation sites excluding steroid dienone is 1. The molecule has 10 heteroatoms. The number of halogens is 4. The van der Waals surface area contributed by atoms with Crippen LogP contribution in [0.25, 0.3) is 0 Å². The normalized spacial score (nSPS) is 20.3. The van der Waals surface area contributed by atoms with E-state index in [9.17, 15) is 32.7 Å². The Labute approximate surface area is 198 Å². The largest absolute Gasteiger partial charge is 0.481 e. The van der Waals surface area contributed by atoms with Gasteiger partial charge in [-0.15, -0.1) is 0 Å². The lowest BCUT2D eigenvalue weighted by Gasteiger charge is -2.38. The van der Waals surface area contributed by atoms with Gasteiger partial charge in [0.2, 0.25) is 0 Å². The third-order valence-electron chi connectivity index (χ3n) is 5.86. The zero-order valence-corrected chi connectivity index (χ0v) is 18.7. The first kappa shape index (κ1) is 25.3. The van der Waals surface area contributed by atoms with E-state index in [4.69, 9.17) is 16.3 Å². The van der Waals surface area contributed by atoms with E-state index in [0.29, 0.717) is 17.0 Å². The standard InChI is InChI=1S/C24H21ClF3NO5/c1-14-2-3-15(12-23(14,22(32)33)16-4-8-18(25)9-5-16)21(31)34-13-20(30)29-19-10-6-17(7-11-19)24(26,27)28/h3-11,14H,2,12-13H2,1H3,(H,29,30)(H,32,33). The van der Waals surface area contributed by atoms with Crippen molar-refractivity contribution in [1.29, 1.82) is 0 Å². The third-order valence-corrected chi connectivity index (χ3v) is 6.11. The van der Waals surface area contributed by atoms with E-state index < -0.39 is 41.6 Å². The number of amides is 1. The number of anilines is 1. The highest BCUT2D eigenvalue weighted by Crippen LogP contribution is 2.44. The number of benzene rings is 2. The van der Waals surface area contributed by atoms with Crippen LogP contribution in [0.2, 0.25) is 5.02 Å². The molecule has 0 bridgehead atoms. The molecule has 2 atom stereocenters. The molecule has 180 valence electrons. The number of hydrogen-bond acceptors (Lipinski definition) is 4. The fourth-order valence-corrected chi connectivity index (χ4v) is 4.06. The van der Waals surface area contributed by atoms with E-state index in [1.165, 1.54) is 0 Å². The number of hydrogen-bond donors (Lipinski definition) is 2. The highest BCUT2D eigenvalue weighted by molar-refractivity contribution is 6.30. The fourth-order valence-electron chi connectivity index (χ4n) is 3.93. The number of carbonyl (C=O) groups excluding carboxylic acids is 2. The van der Waals surface area contributed by atoms with Crippen LogP contribution < -0.4 is 5.32 Å². The van der Waals surface area contributed by atoms with Crippen LogP contribution in [0, 0.1) is 5.92 Å². The van der Waals surface area contributed by atoms with Crippen molar-refractivity contribution in [2.45, 2.75) is 31.4 Å². The lowest BCUT2D eigenvalue weighted by atomic mass is 9.63. The van der Waals surface area contributed by atoms with Crippen LogP contribution in [0.1, 0.15) is 30.9 Å². The number of esters is 1. The second kappa shape index (κ2) is 9.89. The van der Waals surface area contributed by atoms with Crippen molar-refractivity contribution in [2.75, 3.05) is 11.9 Å². The smallest absolute Gasteiger partial charge is 0.416 e. The van der Waals surface area contributed by atoms with Gasteiger partial charge in [0, 0.05) is 16.3 Å². The Morgan fingerprint density at radius 3 is 2.29 bits per heavy atom. The minimum Gasteiger partial charge on any atom is -0.481 e. The lowest BCUT2D eigenvalue weighted by Crippen LogP contribution is -2.45. The van der Waals surface area contributed by atoms with E-state index in [-0.39, 0.29) is 23.6 Å². The Bertz CT molecular complexity index is 1110. The summed E-state index contributed by atoms with van der Waals surface area (Å²) in [7, 11) is 0. The number of carboxylic acid groups (broad SMARTS) is 1. The molecular formula is C24H21ClF3NO5. The maximum absolute atomic E-state index is 12.6. The quantitative estimate of drug-likeness (QED) is 0.536. The zero-order chi connectivity index (χ0) is 25.1. The van der Waals surface area contributed by atoms with Gasteiger partial charge in [0.1, 0.15) is 0 Å². The van der Waals surface area contributed by atoms with Crippen LogP contribution in [0.4, 0.5) is 18.9 Å². The Morgan fingerprint density at radius 2 is 1.74 bits per heavy atom. The fraction of sp³-hybridized carbons (Fsp3) is 0.292. The molecule has 0 aliphatic heterocycles. The molecule has 34 heavy (non-hydrogen) atoms. The minimum absolute atomic E-state index is 0.104. The molecule has 0 aromatic heterocycles. The van der Waals surface area contributed by atoms with E-state index in [2.05, 4.69) is 5.32 Å². The van der Waals surface area contributed by atoms with Crippen LogP contribution in [-0.4, -0.2) is 29.6 Å². The number of nitrogens with one attached hydrogen (secondary N) is 1. The molecule has 3 rings (SSSR count). The van der Waals surface area contributed by atoms with Crippen LogP contribution in [0.3, 0.4) is 0 Å². The predicted molar refractivity (Wildman–Crippen MR) is 118 cm³/mol. The molecule has 1 amide bonds. The van der Waals surface area contributed by atoms with Gasteiger partial charge in [0.05, 0.1) is 11.0 Å². The molecule has 2 unspecified atom stereocenters. The molecule has 0 fully saturated rings. The van der Waals surface area contributed by atoms with Gasteiger partial charge in [0.25, 0.3) is 5.91 Å². The molecule has 2 aromatic carbocycles. The van der Waals surface area contributed by atoms with Gasteiger partial charge in [-0.1, -0.05) is 36.7 Å². The van der Waals surface area contributed by atoms with Gasteiger partial charge in [-0.3, -0.25) is 9.59 Å². The Hall–Kier alpha value is -3.33. The number of carbonyl (C=O) groups is 3. The maximum Gasteiger partial charge on any atom is 0.416 e. The van der Waals surface area contributed by atoms with Crippen LogP contribution >= 0.6 is 11.6 Å². The van der Waals surface area contributed by atoms with Crippen molar-refractivity contribution in [1.82, 2.24) is 0 Å². The monoisotopic (exact) mass is 495 g/mol. The Balaban J connectivity index is 1.66. The van der Waals surface area contributed by atoms with Gasteiger partial charge in [0.15, 0.2) is 6.61 Å². The Morgan fingerprint density at radius 1 is 1.12 bits per heavy atom. The minimum atomic E-state index is -4.50. The topological polar surface area (TPSA) is 92.7 Å². The molecule has 0 saturated heterocycles. The number of ether oxygens (including phenoxy) is 1. The molecule has 0 spiro atoms. The third kappa shape index (κ3) is 5.41. The van der Waals surface area contributed by atoms with Crippen molar-refractivity contribution < 1.29 is 37.4 Å². The molecule has 0 radical (unpaired) electrons. The lowest BCUT2D eigenvalue weighted by molar-refractivity contribution is -0.148. The summed E-state index contributed by atoms with van der Waals surface area (Å²) in [5.41, 5.74) is -1.52. The average molecular weight is 496 g/mol. The number of rotatable bonds is 6. The zero-order valence-electron chi connectivity index (χ0n) is 18.0. The van der Waals surface area contributed by atoms with Gasteiger partial charge >= 0.3 is 18.1 Å². The molecule has 0 saturated carbocycles. The number of alkyl halides is 3. The first-order valence-electron chi connectivity index (χ1n) is 10.3. The summed E-state index contributed by atoms with van der Waals surface area (Å²) in [4.78, 5) is 37.0. The predicted octanol–water partition coefficient (Wildman–Crippen LogP) is 5.22. The van der Waals surface area contributed by atoms with Crippen LogP contribution in [0.15, 0.2) is 60.2 Å². The summed E-state index contributed by atoms with van der Waals surface area (Å²) < 4.78 is 42.9. The summed E-state index contributed by atoms with van der Waals surface area (Å²) >= 11 is 5.93. The van der Waals surface area contributed by atoms with Crippen LogP contribution in [-0.2, 0) is 30.7 Å². The highest BCUT2D eigenvalue weighted by atomic mass is 35.5. The molecule has 6 nitrogen and oxygen atoms in total. The molecule has 1 aliphatic carbocycles. The van der Waals surface area contributed by atoms with Crippen molar-refractivity contribution in [3.8, 4) is 0 Å². The van der Waals surface area contributed by atoms with E-state index >= 15 is 0 Å². The van der Waals surface area contributed by atoms with E-state index in [1.807, 2.05) is 0 Å². The van der Waals surface area contributed by atoms with Gasteiger partial charge in [-0.25, -0.2) is 4.79 Å². The van der Waals surface area contributed by atoms with Crippen molar-refractivity contribution in [3.63, 3.8) is 0 Å². The SMILES string of the molecule is CC1CC=C(C(=O)OCC(=O)Nc2ccc(C(F)(F)F)cc2)CC1(C(=O)O)c1ccc(Cl)cc1. The Kier molecular flexibility index (Phi) is 7.35. The van der Waals surface area contributed by atoms with Gasteiger partial charge in [-0.2, -0.15) is 13.2 Å². The molecule has 2 N–H and O–H groups in total. The van der Waals surface area contributed by atoms with Crippen LogP contribution in [0.5, 0.6) is 0 Å². The van der Waals surface area contributed by atoms with Crippen molar-refractivity contribution in [3.05, 3.63) is 76.3 Å². The van der Waals surface area contributed by atoms with E-state index in [0.717, 1.165) is 24.3 Å². The van der Waals surface area contributed by atoms with Gasteiger partial charge < -0.3 is 15.2 Å². The number of carboxylic acids is 1. The van der Waals surface area contributed by atoms with E-state index in [1.54, 1.807) is 37.3 Å². The first-order chi connectivity index (χ1) is 15.9. The average Bonchev–Trinajstić information content (AvgIpc) is 2.78. The summed E-state index contributed by atoms with van der Waals surface area (Å²) in [6, 6.07) is 10.2. The second-order valence-corrected chi connectivity index (χ2v) is 8.46. The van der Waals surface area contributed by atoms with Crippen molar-refractivity contribution >= 4 is 35.1 Å². The molecule has 2 aromatic rings. The molecule has 0 heterocycles.